The third-order valence-corrected chi connectivity index (χ3v) is 19.5. The summed E-state index contributed by atoms with van der Waals surface area (Å²) in [5.74, 6) is -0.612. The smallest absolute Gasteiger partial charge is 0.462 e. The van der Waals surface area contributed by atoms with Gasteiger partial charge in [0.25, 0.3) is 0 Å². The molecule has 0 aromatic rings. The van der Waals surface area contributed by atoms with Crippen molar-refractivity contribution >= 4 is 39.5 Å². The second-order valence-electron chi connectivity index (χ2n) is 27.4. The predicted octanol–water partition coefficient (Wildman–Crippen LogP) is 21.6. The number of hydrogen-bond acceptors (Lipinski definition) is 15. The van der Waals surface area contributed by atoms with Gasteiger partial charge in [-0.2, -0.15) is 0 Å². The van der Waals surface area contributed by atoms with Gasteiger partial charge in [-0.3, -0.25) is 37.3 Å². The molecule has 0 spiro atoms. The molecule has 0 aliphatic heterocycles. The van der Waals surface area contributed by atoms with Gasteiger partial charge in [0, 0.05) is 25.7 Å². The van der Waals surface area contributed by atoms with Crippen molar-refractivity contribution in [3.05, 3.63) is 0 Å². The number of carbonyl (C=O) groups excluding carboxylic acids is 4. The average Bonchev–Trinajstić information content (AvgIpc) is 2.17. The molecule has 0 aromatic heterocycles. The molecule has 552 valence electrons. The van der Waals surface area contributed by atoms with Crippen LogP contribution in [0.1, 0.15) is 382 Å². The summed E-state index contributed by atoms with van der Waals surface area (Å²) in [7, 11) is -9.90. The zero-order valence-electron chi connectivity index (χ0n) is 60.6. The van der Waals surface area contributed by atoms with E-state index in [4.69, 9.17) is 37.0 Å². The van der Waals surface area contributed by atoms with Crippen molar-refractivity contribution in [2.75, 3.05) is 39.6 Å². The second kappa shape index (κ2) is 66.0. The summed E-state index contributed by atoms with van der Waals surface area (Å²) in [6.07, 6.45) is 52.9. The topological polar surface area (TPSA) is 237 Å². The lowest BCUT2D eigenvalue weighted by molar-refractivity contribution is -0.161. The van der Waals surface area contributed by atoms with Crippen molar-refractivity contribution in [3.63, 3.8) is 0 Å². The highest BCUT2D eigenvalue weighted by molar-refractivity contribution is 7.47. The summed E-state index contributed by atoms with van der Waals surface area (Å²) < 4.78 is 68.3. The number of aliphatic hydroxyl groups is 1. The Bertz CT molecular complexity index is 1810. The summed E-state index contributed by atoms with van der Waals surface area (Å²) in [4.78, 5) is 72.6. The molecule has 6 atom stereocenters. The van der Waals surface area contributed by atoms with Crippen LogP contribution in [-0.2, 0) is 65.4 Å². The first-order valence-electron chi connectivity index (χ1n) is 38.5. The maximum atomic E-state index is 13.1. The molecular formula is C74H144O17P2. The van der Waals surface area contributed by atoms with E-state index in [1.54, 1.807) is 0 Å². The Kier molecular flexibility index (Phi) is 64.6. The molecule has 0 fully saturated rings. The monoisotopic (exact) mass is 1370 g/mol. The highest BCUT2D eigenvalue weighted by Crippen LogP contribution is 2.45. The highest BCUT2D eigenvalue weighted by Gasteiger charge is 2.30. The number of carbonyl (C=O) groups is 4. The van der Waals surface area contributed by atoms with Crippen LogP contribution < -0.4 is 0 Å². The van der Waals surface area contributed by atoms with E-state index in [0.717, 1.165) is 108 Å². The minimum atomic E-state index is -4.96. The quantitative estimate of drug-likeness (QED) is 0.0222. The Morgan fingerprint density at radius 2 is 0.548 bits per heavy atom. The van der Waals surface area contributed by atoms with Crippen molar-refractivity contribution in [2.24, 2.45) is 11.8 Å². The molecule has 17 nitrogen and oxygen atoms in total. The molecule has 0 aliphatic rings. The Morgan fingerprint density at radius 1 is 0.312 bits per heavy atom. The van der Waals surface area contributed by atoms with Gasteiger partial charge in [0.1, 0.15) is 19.3 Å². The van der Waals surface area contributed by atoms with E-state index in [9.17, 15) is 43.2 Å². The Morgan fingerprint density at radius 3 is 0.817 bits per heavy atom. The number of esters is 4. The molecule has 0 aromatic carbocycles. The summed E-state index contributed by atoms with van der Waals surface area (Å²) >= 11 is 0. The highest BCUT2D eigenvalue weighted by atomic mass is 31.2. The normalized spacial score (nSPS) is 14.3. The maximum Gasteiger partial charge on any atom is 0.472 e. The molecule has 0 saturated carbocycles. The minimum absolute atomic E-state index is 0.103. The van der Waals surface area contributed by atoms with Crippen LogP contribution in [0, 0.1) is 11.8 Å². The van der Waals surface area contributed by atoms with Crippen LogP contribution in [0.25, 0.3) is 0 Å². The average molecular weight is 1370 g/mol. The van der Waals surface area contributed by atoms with Crippen LogP contribution >= 0.6 is 15.6 Å². The first-order chi connectivity index (χ1) is 44.9. The molecule has 0 bridgehead atoms. The van der Waals surface area contributed by atoms with E-state index in [1.807, 2.05) is 0 Å². The number of hydrogen-bond donors (Lipinski definition) is 3. The lowest BCUT2D eigenvalue weighted by Gasteiger charge is -2.21. The van der Waals surface area contributed by atoms with Gasteiger partial charge in [-0.25, -0.2) is 9.13 Å². The number of phosphoric acid groups is 2. The van der Waals surface area contributed by atoms with Gasteiger partial charge in [0.05, 0.1) is 26.4 Å². The minimum Gasteiger partial charge on any atom is -0.462 e. The van der Waals surface area contributed by atoms with Gasteiger partial charge in [-0.15, -0.1) is 0 Å². The van der Waals surface area contributed by atoms with Gasteiger partial charge in [0.2, 0.25) is 0 Å². The number of unbranched alkanes of at least 4 members (excludes halogenated alkanes) is 42. The van der Waals surface area contributed by atoms with Crippen molar-refractivity contribution < 1.29 is 80.2 Å². The molecule has 19 heteroatoms. The SMILES string of the molecule is CCCCCCCCCCCCCCCCCCCCCC(=O)O[C@H](COC(=O)CCCCCCCCCCCCCCCC(C)C)COP(=O)(O)OC[C@@H](O)COP(=O)(O)OC[C@@H](COC(=O)CCCCCCCCCC)OC(=O)CCCCCCCCC(C)CC. The van der Waals surface area contributed by atoms with Crippen molar-refractivity contribution in [1.29, 1.82) is 0 Å². The van der Waals surface area contributed by atoms with Gasteiger partial charge in [-0.1, -0.05) is 330 Å². The number of aliphatic hydroxyl groups excluding tert-OH is 1. The Labute approximate surface area is 568 Å². The lowest BCUT2D eigenvalue weighted by atomic mass is 10.00. The van der Waals surface area contributed by atoms with Gasteiger partial charge < -0.3 is 33.8 Å². The third-order valence-electron chi connectivity index (χ3n) is 17.6. The van der Waals surface area contributed by atoms with Crippen LogP contribution in [0.15, 0.2) is 0 Å². The summed E-state index contributed by atoms with van der Waals surface area (Å²) in [6.45, 7) is 9.52. The zero-order chi connectivity index (χ0) is 68.6. The molecule has 0 aliphatic carbocycles. The summed E-state index contributed by atoms with van der Waals surface area (Å²) in [5.41, 5.74) is 0. The van der Waals surface area contributed by atoms with Gasteiger partial charge >= 0.3 is 39.5 Å². The molecule has 93 heavy (non-hydrogen) atoms. The lowest BCUT2D eigenvalue weighted by Crippen LogP contribution is -2.30. The van der Waals surface area contributed by atoms with Gasteiger partial charge in [-0.05, 0) is 37.5 Å². The first kappa shape index (κ1) is 91.1. The Hall–Kier alpha value is -1.94. The van der Waals surface area contributed by atoms with E-state index in [2.05, 4.69) is 41.5 Å². The van der Waals surface area contributed by atoms with Crippen molar-refractivity contribution in [3.8, 4) is 0 Å². The molecule has 3 N–H and O–H groups in total. The molecule has 0 saturated heterocycles. The third kappa shape index (κ3) is 67.0. The number of ether oxygens (including phenoxy) is 4. The number of rotatable bonds is 73. The molecule has 3 unspecified atom stereocenters. The van der Waals surface area contributed by atoms with E-state index < -0.39 is 97.5 Å². The van der Waals surface area contributed by atoms with Crippen LogP contribution in [0.5, 0.6) is 0 Å². The van der Waals surface area contributed by atoms with E-state index in [-0.39, 0.29) is 25.7 Å². The van der Waals surface area contributed by atoms with Crippen LogP contribution in [0.2, 0.25) is 0 Å². The largest absolute Gasteiger partial charge is 0.472 e. The summed E-state index contributed by atoms with van der Waals surface area (Å²) in [6, 6.07) is 0. The standard InChI is InChI=1S/C74H144O17P2/c1-7-10-12-14-16-18-19-20-21-22-23-24-25-28-32-35-39-46-52-58-73(78)90-69(62-85-72(77)57-51-45-38-34-31-29-26-27-30-33-36-42-48-54-66(4)5)64-88-92(80,81)86-60-68(75)61-87-93(82,83)89-65-70(63-84-71(76)56-50-44-37-17-15-13-11-8-2)91-74(79)59-53-47-41-40-43-49-55-67(6)9-3/h66-70,75H,7-65H2,1-6H3,(H,80,81)(H,82,83)/t67?,68-,69-,70-/m1/s1. The fraction of sp³-hybridized carbons (Fsp3) is 0.946. The fourth-order valence-electron chi connectivity index (χ4n) is 11.3. The van der Waals surface area contributed by atoms with Crippen LogP contribution in [0.4, 0.5) is 0 Å². The van der Waals surface area contributed by atoms with Crippen molar-refractivity contribution in [2.45, 2.75) is 400 Å². The second-order valence-corrected chi connectivity index (χ2v) is 30.3. The number of phosphoric ester groups is 2. The molecule has 0 heterocycles. The van der Waals surface area contributed by atoms with Crippen molar-refractivity contribution in [1.82, 2.24) is 0 Å². The van der Waals surface area contributed by atoms with Gasteiger partial charge in [0.15, 0.2) is 12.2 Å². The van der Waals surface area contributed by atoms with E-state index in [0.29, 0.717) is 25.7 Å². The maximum absolute atomic E-state index is 13.1. The summed E-state index contributed by atoms with van der Waals surface area (Å²) in [5, 5.41) is 10.6. The van der Waals surface area contributed by atoms with Crippen LogP contribution in [0.3, 0.4) is 0 Å². The van der Waals surface area contributed by atoms with E-state index >= 15 is 0 Å². The molecule has 0 rings (SSSR count). The van der Waals surface area contributed by atoms with E-state index in [1.165, 1.54) is 193 Å². The fourth-order valence-corrected chi connectivity index (χ4v) is 12.8. The van der Waals surface area contributed by atoms with Crippen LogP contribution in [-0.4, -0.2) is 96.7 Å². The first-order valence-corrected chi connectivity index (χ1v) is 41.5. The Balaban J connectivity index is 5.20. The molecular weight excluding hydrogens is 1220 g/mol. The molecule has 0 radical (unpaired) electrons. The predicted molar refractivity (Wildman–Crippen MR) is 377 cm³/mol. The zero-order valence-corrected chi connectivity index (χ0v) is 62.3. The molecule has 0 amide bonds.